The summed E-state index contributed by atoms with van der Waals surface area (Å²) < 4.78 is 60.3. The van der Waals surface area contributed by atoms with Crippen LogP contribution < -0.4 is 10.9 Å². The number of rotatable bonds is 5. The SMILES string of the molecule is Cc1noc(=O)c2ccc(NC(=O)C(O)(CC3(c4cc(F)ccc4Cl)CC3)C(F)(F)F)cc12. The molecular weight excluding hydrogens is 468 g/mol. The maximum Gasteiger partial charge on any atom is 0.426 e. The number of aliphatic hydroxyl groups is 1. The molecule has 0 spiro atoms. The molecule has 1 fully saturated rings. The summed E-state index contributed by atoms with van der Waals surface area (Å²) in [6.45, 7) is 1.52. The van der Waals surface area contributed by atoms with E-state index in [9.17, 15) is 32.3 Å². The highest BCUT2D eigenvalue weighted by Gasteiger charge is 2.65. The Kier molecular flexibility index (Phi) is 5.49. The van der Waals surface area contributed by atoms with Crippen molar-refractivity contribution in [2.75, 3.05) is 5.32 Å². The van der Waals surface area contributed by atoms with Crippen LogP contribution in [-0.4, -0.2) is 27.9 Å². The van der Waals surface area contributed by atoms with E-state index >= 15 is 0 Å². The first-order valence-electron chi connectivity index (χ1n) is 9.83. The first-order chi connectivity index (χ1) is 15.4. The van der Waals surface area contributed by atoms with E-state index in [1.54, 1.807) is 0 Å². The van der Waals surface area contributed by atoms with Crippen molar-refractivity contribution >= 4 is 34.0 Å². The third kappa shape index (κ3) is 4.08. The van der Waals surface area contributed by atoms with E-state index < -0.39 is 41.0 Å². The van der Waals surface area contributed by atoms with Gasteiger partial charge in [0.1, 0.15) is 5.82 Å². The largest absolute Gasteiger partial charge is 0.426 e. The number of hydrogen-bond acceptors (Lipinski definition) is 5. The second kappa shape index (κ2) is 7.81. The predicted molar refractivity (Wildman–Crippen MR) is 112 cm³/mol. The fraction of sp³-hybridized carbons (Fsp3) is 0.318. The quantitative estimate of drug-likeness (QED) is 0.515. The molecule has 0 radical (unpaired) electrons. The highest BCUT2D eigenvalue weighted by atomic mass is 35.5. The van der Waals surface area contributed by atoms with Gasteiger partial charge in [-0.1, -0.05) is 16.8 Å². The first-order valence-corrected chi connectivity index (χ1v) is 10.2. The zero-order valence-corrected chi connectivity index (χ0v) is 17.9. The summed E-state index contributed by atoms with van der Waals surface area (Å²) in [6.07, 6.45) is -5.98. The van der Waals surface area contributed by atoms with E-state index in [4.69, 9.17) is 11.6 Å². The Balaban J connectivity index is 1.68. The average molecular weight is 485 g/mol. The molecule has 4 rings (SSSR count). The van der Waals surface area contributed by atoms with E-state index in [0.29, 0.717) is 0 Å². The number of carbonyl (C=O) groups excluding carboxylic acids is 1. The van der Waals surface area contributed by atoms with Crippen molar-refractivity contribution in [3.05, 3.63) is 68.9 Å². The Bertz CT molecular complexity index is 1320. The van der Waals surface area contributed by atoms with Crippen LogP contribution >= 0.6 is 11.6 Å². The van der Waals surface area contributed by atoms with Crippen LogP contribution in [0.2, 0.25) is 5.02 Å². The van der Waals surface area contributed by atoms with Gasteiger partial charge in [-0.15, -0.1) is 0 Å². The minimum absolute atomic E-state index is 0.0511. The molecule has 2 N–H and O–H groups in total. The summed E-state index contributed by atoms with van der Waals surface area (Å²) in [7, 11) is 0. The lowest BCUT2D eigenvalue weighted by Crippen LogP contribution is -2.56. The van der Waals surface area contributed by atoms with E-state index in [1.807, 2.05) is 0 Å². The number of aromatic nitrogens is 1. The van der Waals surface area contributed by atoms with Crippen molar-refractivity contribution in [2.24, 2.45) is 0 Å². The minimum Gasteiger partial charge on any atom is -0.373 e. The maximum atomic E-state index is 14.0. The molecule has 6 nitrogen and oxygen atoms in total. The van der Waals surface area contributed by atoms with Crippen molar-refractivity contribution in [3.8, 4) is 0 Å². The van der Waals surface area contributed by atoms with Crippen LogP contribution in [0.25, 0.3) is 10.8 Å². The molecule has 1 heterocycles. The molecule has 1 atom stereocenters. The van der Waals surface area contributed by atoms with Crippen LogP contribution in [0.3, 0.4) is 0 Å². The number of hydrogen-bond donors (Lipinski definition) is 2. The average Bonchev–Trinajstić information content (AvgIpc) is 3.52. The van der Waals surface area contributed by atoms with Crippen molar-refractivity contribution in [2.45, 2.75) is 43.4 Å². The normalized spacial score (nSPS) is 16.9. The number of aryl methyl sites for hydroxylation is 1. The molecule has 1 aliphatic rings. The van der Waals surface area contributed by atoms with Gasteiger partial charge in [-0.25, -0.2) is 9.18 Å². The summed E-state index contributed by atoms with van der Waals surface area (Å²) in [5.41, 5.74) is -5.52. The molecule has 3 aromatic rings. The molecule has 1 aromatic heterocycles. The fourth-order valence-electron chi connectivity index (χ4n) is 3.94. The minimum atomic E-state index is -5.33. The zero-order valence-electron chi connectivity index (χ0n) is 17.1. The van der Waals surface area contributed by atoms with Crippen molar-refractivity contribution < 1.29 is 32.0 Å². The van der Waals surface area contributed by atoms with Gasteiger partial charge in [-0.3, -0.25) is 4.79 Å². The monoisotopic (exact) mass is 484 g/mol. The molecule has 0 aliphatic heterocycles. The topological polar surface area (TPSA) is 92.4 Å². The standard InChI is InChI=1S/C22H17ClF4N2O4/c1-11-15-9-13(3-4-14(15)18(30)33-29-11)28-19(31)21(32,22(25,26)27)10-20(6-7-20)16-8-12(24)2-5-17(16)23/h2-5,8-9,32H,6-7,10H2,1H3,(H,28,31). The molecule has 11 heteroatoms. The van der Waals surface area contributed by atoms with Gasteiger partial charge in [0.25, 0.3) is 5.91 Å². The first kappa shape index (κ1) is 23.2. The number of nitrogens with one attached hydrogen (secondary N) is 1. The number of halogens is 5. The van der Waals surface area contributed by atoms with Crippen LogP contribution in [0.4, 0.5) is 23.2 Å². The van der Waals surface area contributed by atoms with Gasteiger partial charge in [-0.05, 0) is 61.7 Å². The molecule has 174 valence electrons. The summed E-state index contributed by atoms with van der Waals surface area (Å²) in [5.74, 6) is -2.40. The van der Waals surface area contributed by atoms with Gasteiger partial charge in [0.15, 0.2) is 0 Å². The van der Waals surface area contributed by atoms with Gasteiger partial charge < -0.3 is 14.9 Å². The third-order valence-corrected chi connectivity index (χ3v) is 6.27. The zero-order chi connectivity index (χ0) is 24.2. The summed E-state index contributed by atoms with van der Waals surface area (Å²) in [5, 5.41) is 16.7. The Morgan fingerprint density at radius 3 is 2.55 bits per heavy atom. The number of nitrogens with zero attached hydrogens (tertiary/aromatic N) is 1. The van der Waals surface area contributed by atoms with E-state index in [2.05, 4.69) is 15.0 Å². The Morgan fingerprint density at radius 2 is 1.91 bits per heavy atom. The number of fused-ring (bicyclic) bond motifs is 1. The Labute approximate surface area is 189 Å². The summed E-state index contributed by atoms with van der Waals surface area (Å²) in [4.78, 5) is 24.5. The second-order valence-corrected chi connectivity index (χ2v) is 8.62. The van der Waals surface area contributed by atoms with Crippen LogP contribution in [-0.2, 0) is 10.2 Å². The van der Waals surface area contributed by atoms with E-state index in [-0.39, 0.29) is 45.6 Å². The molecule has 0 bridgehead atoms. The van der Waals surface area contributed by atoms with E-state index in [1.165, 1.54) is 31.2 Å². The molecule has 1 aliphatic carbocycles. The predicted octanol–water partition coefficient (Wildman–Crippen LogP) is 4.64. The van der Waals surface area contributed by atoms with Gasteiger partial charge in [0.2, 0.25) is 5.60 Å². The van der Waals surface area contributed by atoms with Crippen molar-refractivity contribution in [1.82, 2.24) is 5.16 Å². The number of anilines is 1. The molecule has 1 unspecified atom stereocenters. The summed E-state index contributed by atoms with van der Waals surface area (Å²) >= 11 is 6.09. The smallest absolute Gasteiger partial charge is 0.373 e. The molecular formula is C22H17ClF4N2O4. The third-order valence-electron chi connectivity index (χ3n) is 5.94. The number of benzene rings is 2. The number of carbonyl (C=O) groups is 1. The molecule has 2 aromatic carbocycles. The Hall–Kier alpha value is -2.98. The number of amides is 1. The van der Waals surface area contributed by atoms with Crippen LogP contribution in [0.5, 0.6) is 0 Å². The van der Waals surface area contributed by atoms with Gasteiger partial charge in [-0.2, -0.15) is 13.2 Å². The second-order valence-electron chi connectivity index (χ2n) is 8.21. The van der Waals surface area contributed by atoms with Crippen LogP contribution in [0.15, 0.2) is 45.7 Å². The molecule has 1 saturated carbocycles. The van der Waals surface area contributed by atoms with Crippen molar-refractivity contribution in [1.29, 1.82) is 0 Å². The van der Waals surface area contributed by atoms with E-state index in [0.717, 1.165) is 12.1 Å². The lowest BCUT2D eigenvalue weighted by Gasteiger charge is -2.33. The highest BCUT2D eigenvalue weighted by Crippen LogP contribution is 2.57. The molecule has 1 amide bonds. The van der Waals surface area contributed by atoms with Crippen LogP contribution in [0.1, 0.15) is 30.5 Å². The van der Waals surface area contributed by atoms with Crippen molar-refractivity contribution in [3.63, 3.8) is 0 Å². The van der Waals surface area contributed by atoms with Gasteiger partial charge in [0, 0.05) is 27.9 Å². The van der Waals surface area contributed by atoms with Crippen LogP contribution in [0, 0.1) is 12.7 Å². The Morgan fingerprint density at radius 1 is 1.21 bits per heavy atom. The van der Waals surface area contributed by atoms with Gasteiger partial charge >= 0.3 is 11.8 Å². The van der Waals surface area contributed by atoms with Gasteiger partial charge in [0.05, 0.1) is 11.1 Å². The molecule has 0 saturated heterocycles. The molecule has 33 heavy (non-hydrogen) atoms. The highest BCUT2D eigenvalue weighted by molar-refractivity contribution is 6.31. The fourth-order valence-corrected chi connectivity index (χ4v) is 4.26. The maximum absolute atomic E-state index is 14.0. The lowest BCUT2D eigenvalue weighted by molar-refractivity contribution is -0.253. The number of alkyl halides is 3. The lowest BCUT2D eigenvalue weighted by atomic mass is 9.82. The summed E-state index contributed by atoms with van der Waals surface area (Å²) in [6, 6.07) is 7.06.